The van der Waals surface area contributed by atoms with Gasteiger partial charge >= 0.3 is 5.97 Å². The first kappa shape index (κ1) is 22.9. The number of thiazole rings is 1. The van der Waals surface area contributed by atoms with Crippen molar-refractivity contribution in [2.75, 3.05) is 7.11 Å². The predicted octanol–water partition coefficient (Wildman–Crippen LogP) is 5.04. The van der Waals surface area contributed by atoms with E-state index in [0.29, 0.717) is 42.2 Å². The van der Waals surface area contributed by atoms with Gasteiger partial charge in [-0.05, 0) is 48.7 Å². The molecule has 6 nitrogen and oxygen atoms in total. The molecule has 4 heterocycles. The summed E-state index contributed by atoms with van der Waals surface area (Å²) >= 11 is 14.8. The van der Waals surface area contributed by atoms with Gasteiger partial charge in [0, 0.05) is 16.5 Å². The first-order chi connectivity index (χ1) is 16.4. The van der Waals surface area contributed by atoms with Crippen LogP contribution in [0.4, 0.5) is 0 Å². The third kappa shape index (κ3) is 3.96. The fourth-order valence-corrected chi connectivity index (χ4v) is 5.92. The smallest absolute Gasteiger partial charge is 0.338 e. The Morgan fingerprint density at radius 2 is 2.03 bits per heavy atom. The highest BCUT2D eigenvalue weighted by molar-refractivity contribution is 7.10. The monoisotopic (exact) mass is 530 g/mol. The van der Waals surface area contributed by atoms with Crippen molar-refractivity contribution >= 4 is 57.9 Å². The summed E-state index contributed by atoms with van der Waals surface area (Å²) in [5, 5.41) is 2.79. The second-order valence-electron chi connectivity index (χ2n) is 7.42. The van der Waals surface area contributed by atoms with Crippen LogP contribution in [0.3, 0.4) is 0 Å². The van der Waals surface area contributed by atoms with Gasteiger partial charge in [-0.25, -0.2) is 9.79 Å². The third-order valence-electron chi connectivity index (χ3n) is 5.34. The van der Waals surface area contributed by atoms with Gasteiger partial charge in [0.25, 0.3) is 5.56 Å². The molecule has 0 aliphatic carbocycles. The van der Waals surface area contributed by atoms with Crippen LogP contribution in [0.2, 0.25) is 10.0 Å². The van der Waals surface area contributed by atoms with Crippen LogP contribution in [0, 0.1) is 0 Å². The molecule has 0 unspecified atom stereocenters. The SMILES string of the molecule is COC(=O)C1=C(C)N=c2s/c(=C/c3ccc(-c4ccc(Cl)c(Cl)c4)o3)c(=O)n2[C@H]1c1cccs1. The number of aromatic nitrogens is 1. The topological polar surface area (TPSA) is 73.8 Å². The summed E-state index contributed by atoms with van der Waals surface area (Å²) in [4.78, 5) is 32.0. The Labute approximate surface area is 211 Å². The van der Waals surface area contributed by atoms with E-state index < -0.39 is 12.0 Å². The Balaban J connectivity index is 1.62. The summed E-state index contributed by atoms with van der Waals surface area (Å²) in [6.07, 6.45) is 1.67. The molecule has 1 aliphatic rings. The van der Waals surface area contributed by atoms with E-state index in [1.165, 1.54) is 29.8 Å². The van der Waals surface area contributed by atoms with Crippen LogP contribution in [0.1, 0.15) is 23.6 Å². The third-order valence-corrected chi connectivity index (χ3v) is 7.99. The molecule has 34 heavy (non-hydrogen) atoms. The van der Waals surface area contributed by atoms with Gasteiger partial charge in [0.2, 0.25) is 0 Å². The molecule has 0 saturated heterocycles. The number of hydrogen-bond acceptors (Lipinski definition) is 7. The highest BCUT2D eigenvalue weighted by atomic mass is 35.5. The van der Waals surface area contributed by atoms with Crippen LogP contribution in [0.15, 0.2) is 73.3 Å². The predicted molar refractivity (Wildman–Crippen MR) is 134 cm³/mol. The first-order valence-corrected chi connectivity index (χ1v) is 12.5. The number of fused-ring (bicyclic) bond motifs is 1. The molecule has 0 fully saturated rings. The van der Waals surface area contributed by atoms with Crippen LogP contribution >= 0.6 is 45.9 Å². The Bertz CT molecular complexity index is 1630. The minimum atomic E-state index is -0.603. The second-order valence-corrected chi connectivity index (χ2v) is 10.2. The molecule has 1 atom stereocenters. The van der Waals surface area contributed by atoms with Gasteiger partial charge in [-0.1, -0.05) is 40.6 Å². The average molecular weight is 531 g/mol. The van der Waals surface area contributed by atoms with Crippen molar-refractivity contribution < 1.29 is 13.9 Å². The molecule has 0 amide bonds. The standard InChI is InChI=1S/C24H16Cl2N2O4S2/c1-12-20(23(30)31-2)21(18-4-3-9-33-18)28-22(29)19(34-24(28)27-12)11-14-6-8-17(32-14)13-5-7-15(25)16(26)10-13/h3-11,21H,1-2H3/b19-11+/t21-/m0/s1. The minimum Gasteiger partial charge on any atom is -0.466 e. The lowest BCUT2D eigenvalue weighted by molar-refractivity contribution is -0.136. The highest BCUT2D eigenvalue weighted by Crippen LogP contribution is 2.33. The summed E-state index contributed by atoms with van der Waals surface area (Å²) < 4.78 is 12.9. The number of furan rings is 1. The number of carbonyl (C=O) groups excluding carboxylic acids is 1. The maximum absolute atomic E-state index is 13.5. The largest absolute Gasteiger partial charge is 0.466 e. The fourth-order valence-electron chi connectivity index (χ4n) is 3.77. The molecule has 5 rings (SSSR count). The van der Waals surface area contributed by atoms with Crippen molar-refractivity contribution in [3.63, 3.8) is 0 Å². The molecule has 0 radical (unpaired) electrons. The number of thiophene rings is 1. The van der Waals surface area contributed by atoms with Gasteiger partial charge in [-0.15, -0.1) is 11.3 Å². The van der Waals surface area contributed by atoms with Crippen molar-refractivity contribution in [3.05, 3.63) is 99.5 Å². The van der Waals surface area contributed by atoms with Crippen LogP contribution in [0.5, 0.6) is 0 Å². The molecule has 172 valence electrons. The number of ether oxygens (including phenoxy) is 1. The summed E-state index contributed by atoms with van der Waals surface area (Å²) in [6, 6.07) is 12.0. The minimum absolute atomic E-state index is 0.261. The van der Waals surface area contributed by atoms with Crippen LogP contribution in [-0.4, -0.2) is 17.6 Å². The van der Waals surface area contributed by atoms with E-state index >= 15 is 0 Å². The number of halogens is 2. The van der Waals surface area contributed by atoms with E-state index in [-0.39, 0.29) is 5.56 Å². The number of allylic oxidation sites excluding steroid dienone is 1. The molecular weight excluding hydrogens is 515 g/mol. The molecule has 1 aromatic carbocycles. The molecular formula is C24H16Cl2N2O4S2. The molecule has 4 aromatic rings. The van der Waals surface area contributed by atoms with Crippen molar-refractivity contribution in [1.82, 2.24) is 4.57 Å². The van der Waals surface area contributed by atoms with Gasteiger partial charge in [-0.3, -0.25) is 9.36 Å². The normalized spacial score (nSPS) is 15.9. The van der Waals surface area contributed by atoms with Crippen molar-refractivity contribution in [2.24, 2.45) is 4.99 Å². The Morgan fingerprint density at radius 1 is 1.21 bits per heavy atom. The number of nitrogens with zero attached hydrogens (tertiary/aromatic N) is 2. The van der Waals surface area contributed by atoms with E-state index in [2.05, 4.69) is 4.99 Å². The van der Waals surface area contributed by atoms with E-state index in [9.17, 15) is 9.59 Å². The Kier molecular flexibility index (Phi) is 6.07. The van der Waals surface area contributed by atoms with Crippen LogP contribution < -0.4 is 14.9 Å². The summed E-state index contributed by atoms with van der Waals surface area (Å²) in [7, 11) is 1.32. The molecule has 0 saturated carbocycles. The molecule has 3 aromatic heterocycles. The zero-order valence-corrected chi connectivity index (χ0v) is 21.0. The highest BCUT2D eigenvalue weighted by Gasteiger charge is 2.33. The molecule has 10 heteroatoms. The molecule has 1 aliphatic heterocycles. The van der Waals surface area contributed by atoms with Gasteiger partial charge < -0.3 is 9.15 Å². The van der Waals surface area contributed by atoms with Crippen molar-refractivity contribution in [2.45, 2.75) is 13.0 Å². The van der Waals surface area contributed by atoms with Gasteiger partial charge in [-0.2, -0.15) is 0 Å². The van der Waals surface area contributed by atoms with Crippen LogP contribution in [-0.2, 0) is 9.53 Å². The number of rotatable bonds is 4. The van der Waals surface area contributed by atoms with E-state index in [4.69, 9.17) is 32.4 Å². The summed E-state index contributed by atoms with van der Waals surface area (Å²) in [5.74, 6) is 0.590. The number of methoxy groups -OCH3 is 1. The van der Waals surface area contributed by atoms with Gasteiger partial charge in [0.1, 0.15) is 17.6 Å². The lowest BCUT2D eigenvalue weighted by atomic mass is 10.0. The summed E-state index contributed by atoms with van der Waals surface area (Å²) in [6.45, 7) is 1.75. The number of hydrogen-bond donors (Lipinski definition) is 0. The maximum atomic E-state index is 13.5. The van der Waals surface area contributed by atoms with Crippen LogP contribution in [0.25, 0.3) is 17.4 Å². The molecule has 0 spiro atoms. The number of benzene rings is 1. The molecule has 0 N–H and O–H groups in total. The van der Waals surface area contributed by atoms with Gasteiger partial charge in [0.15, 0.2) is 4.80 Å². The Morgan fingerprint density at radius 3 is 2.74 bits per heavy atom. The van der Waals surface area contributed by atoms with E-state index in [0.717, 1.165) is 10.4 Å². The second kappa shape index (κ2) is 9.03. The number of carbonyl (C=O) groups is 1. The average Bonchev–Trinajstić information content (AvgIpc) is 3.56. The zero-order chi connectivity index (χ0) is 24.0. The van der Waals surface area contributed by atoms with E-state index in [1.54, 1.807) is 41.8 Å². The first-order valence-electron chi connectivity index (χ1n) is 10.1. The van der Waals surface area contributed by atoms with Gasteiger partial charge in [0.05, 0.1) is 33.0 Å². The van der Waals surface area contributed by atoms with Crippen molar-refractivity contribution in [1.29, 1.82) is 0 Å². The Hall–Kier alpha value is -2.91. The molecule has 0 bridgehead atoms. The maximum Gasteiger partial charge on any atom is 0.338 e. The number of esters is 1. The van der Waals surface area contributed by atoms with E-state index in [1.807, 2.05) is 23.6 Å². The quantitative estimate of drug-likeness (QED) is 0.346. The zero-order valence-electron chi connectivity index (χ0n) is 17.9. The van der Waals surface area contributed by atoms with Crippen molar-refractivity contribution in [3.8, 4) is 11.3 Å². The lowest BCUT2D eigenvalue weighted by Gasteiger charge is -2.22. The fraction of sp³-hybridized carbons (Fsp3) is 0.125. The lowest BCUT2D eigenvalue weighted by Crippen LogP contribution is -2.39. The summed E-state index contributed by atoms with van der Waals surface area (Å²) in [5.41, 5.74) is 1.39.